The lowest BCUT2D eigenvalue weighted by Crippen LogP contribution is -2.09. The van der Waals surface area contributed by atoms with Crippen molar-refractivity contribution in [3.8, 4) is 0 Å². The second kappa shape index (κ2) is 13.1. The molecule has 0 saturated carbocycles. The number of carbonyl (C=O) groups is 1. The van der Waals surface area contributed by atoms with Gasteiger partial charge in [0.2, 0.25) is 0 Å². The number of hydrogen-bond donors (Lipinski definition) is 0. The van der Waals surface area contributed by atoms with Gasteiger partial charge >= 0.3 is 0 Å². The fourth-order valence-corrected chi connectivity index (χ4v) is 2.08. The van der Waals surface area contributed by atoms with Crippen molar-refractivity contribution in [2.75, 3.05) is 6.61 Å². The highest BCUT2D eigenvalue weighted by atomic mass is 16.5. The van der Waals surface area contributed by atoms with E-state index in [1.165, 1.54) is 44.9 Å². The fourth-order valence-electron chi connectivity index (χ4n) is 2.08. The summed E-state index contributed by atoms with van der Waals surface area (Å²) in [4.78, 5) is 10.8. The van der Waals surface area contributed by atoms with Crippen LogP contribution in [0.25, 0.3) is 0 Å². The summed E-state index contributed by atoms with van der Waals surface area (Å²) < 4.78 is 5.69. The molecule has 0 amide bonds. The molecule has 0 aliphatic rings. The number of hydrogen-bond acceptors (Lipinski definition) is 2. The van der Waals surface area contributed by atoms with Gasteiger partial charge in [0.1, 0.15) is 5.78 Å². The molecule has 18 heavy (non-hydrogen) atoms. The molecular weight excluding hydrogens is 224 g/mol. The lowest BCUT2D eigenvalue weighted by Gasteiger charge is -2.12. The molecule has 2 nitrogen and oxygen atoms in total. The first-order valence-corrected chi connectivity index (χ1v) is 7.77. The number of Topliss-reactive ketones (excluding diaryl/α,β-unsaturated/α-hetero) is 1. The molecule has 0 aromatic rings. The third-order valence-electron chi connectivity index (χ3n) is 3.29. The summed E-state index contributed by atoms with van der Waals surface area (Å²) in [6.07, 6.45) is 12.5. The molecule has 2 heteroatoms. The summed E-state index contributed by atoms with van der Waals surface area (Å²) in [5, 5.41) is 0. The van der Waals surface area contributed by atoms with E-state index in [-0.39, 0.29) is 5.78 Å². The summed E-state index contributed by atoms with van der Waals surface area (Å²) >= 11 is 0. The number of unbranched alkanes of at least 4 members (excludes halogenated alkanes) is 6. The molecule has 0 spiro atoms. The molecule has 0 aliphatic carbocycles. The van der Waals surface area contributed by atoms with Crippen molar-refractivity contribution < 1.29 is 9.53 Å². The van der Waals surface area contributed by atoms with Crippen molar-refractivity contribution in [1.82, 2.24) is 0 Å². The Morgan fingerprint density at radius 1 is 1.00 bits per heavy atom. The van der Waals surface area contributed by atoms with Crippen LogP contribution in [0, 0.1) is 0 Å². The molecule has 0 N–H and O–H groups in total. The minimum Gasteiger partial charge on any atom is -0.378 e. The van der Waals surface area contributed by atoms with Crippen LogP contribution in [0.1, 0.15) is 85.0 Å². The summed E-state index contributed by atoms with van der Waals surface area (Å²) in [5.41, 5.74) is 0. The molecule has 0 aromatic carbocycles. The van der Waals surface area contributed by atoms with E-state index in [1.54, 1.807) is 6.92 Å². The van der Waals surface area contributed by atoms with Crippen LogP contribution in [0.4, 0.5) is 0 Å². The lowest BCUT2D eigenvalue weighted by molar-refractivity contribution is -0.117. The largest absolute Gasteiger partial charge is 0.378 e. The molecule has 0 bridgehead atoms. The third kappa shape index (κ3) is 13.7. The smallest absolute Gasteiger partial charge is 0.129 e. The molecule has 0 saturated heterocycles. The molecule has 0 fully saturated rings. The standard InChI is InChI=1S/C16H32O2/c1-4-5-6-7-8-9-10-13-16(3)18-14-11-12-15(2)17/h16H,4-14H2,1-3H3. The first-order valence-electron chi connectivity index (χ1n) is 7.77. The number of ether oxygens (including phenoxy) is 1. The molecule has 0 aliphatic heterocycles. The maximum Gasteiger partial charge on any atom is 0.129 e. The number of carbonyl (C=O) groups excluding carboxylic acids is 1. The predicted molar refractivity (Wildman–Crippen MR) is 77.9 cm³/mol. The van der Waals surface area contributed by atoms with E-state index < -0.39 is 0 Å². The van der Waals surface area contributed by atoms with Crippen LogP contribution in [-0.4, -0.2) is 18.5 Å². The molecule has 0 rings (SSSR count). The van der Waals surface area contributed by atoms with Crippen molar-refractivity contribution in [3.05, 3.63) is 0 Å². The molecule has 0 aromatic heterocycles. The highest BCUT2D eigenvalue weighted by Crippen LogP contribution is 2.11. The van der Waals surface area contributed by atoms with Gasteiger partial charge in [0.05, 0.1) is 6.10 Å². The topological polar surface area (TPSA) is 26.3 Å². The number of ketones is 1. The Morgan fingerprint density at radius 3 is 2.22 bits per heavy atom. The Hall–Kier alpha value is -0.370. The molecule has 0 heterocycles. The Kier molecular flexibility index (Phi) is 12.8. The maximum absolute atomic E-state index is 10.8. The molecule has 1 atom stereocenters. The maximum atomic E-state index is 10.8. The Morgan fingerprint density at radius 2 is 1.61 bits per heavy atom. The zero-order chi connectivity index (χ0) is 13.6. The quantitative estimate of drug-likeness (QED) is 0.438. The zero-order valence-electron chi connectivity index (χ0n) is 12.7. The second-order valence-corrected chi connectivity index (χ2v) is 5.40. The minimum atomic E-state index is 0.262. The molecule has 1 unspecified atom stereocenters. The second-order valence-electron chi connectivity index (χ2n) is 5.40. The van der Waals surface area contributed by atoms with Gasteiger partial charge in [-0.05, 0) is 26.7 Å². The van der Waals surface area contributed by atoms with Crippen LogP contribution < -0.4 is 0 Å². The SMILES string of the molecule is CCCCCCCCCC(C)OCCCC(C)=O. The van der Waals surface area contributed by atoms with Gasteiger partial charge in [0, 0.05) is 13.0 Å². The zero-order valence-corrected chi connectivity index (χ0v) is 12.7. The van der Waals surface area contributed by atoms with Crippen LogP contribution in [0.3, 0.4) is 0 Å². The van der Waals surface area contributed by atoms with Crippen LogP contribution >= 0.6 is 0 Å². The summed E-state index contributed by atoms with van der Waals surface area (Å²) in [6, 6.07) is 0. The van der Waals surface area contributed by atoms with Crippen molar-refractivity contribution in [1.29, 1.82) is 0 Å². The molecule has 0 radical (unpaired) electrons. The third-order valence-corrected chi connectivity index (χ3v) is 3.29. The van der Waals surface area contributed by atoms with Gasteiger partial charge in [-0.15, -0.1) is 0 Å². The summed E-state index contributed by atoms with van der Waals surface area (Å²) in [7, 11) is 0. The van der Waals surface area contributed by atoms with E-state index >= 15 is 0 Å². The van der Waals surface area contributed by atoms with E-state index in [0.29, 0.717) is 12.5 Å². The monoisotopic (exact) mass is 256 g/mol. The first-order chi connectivity index (χ1) is 8.66. The van der Waals surface area contributed by atoms with Gasteiger partial charge in [0.15, 0.2) is 0 Å². The van der Waals surface area contributed by atoms with Gasteiger partial charge in [-0.3, -0.25) is 0 Å². The summed E-state index contributed by atoms with van der Waals surface area (Å²) in [6.45, 7) is 6.77. The molecular formula is C16H32O2. The van der Waals surface area contributed by atoms with Crippen LogP contribution in [0.15, 0.2) is 0 Å². The average Bonchev–Trinajstić information content (AvgIpc) is 2.33. The highest BCUT2D eigenvalue weighted by Gasteiger charge is 2.02. The van der Waals surface area contributed by atoms with Crippen molar-refractivity contribution in [2.45, 2.75) is 91.1 Å². The van der Waals surface area contributed by atoms with Gasteiger partial charge in [-0.2, -0.15) is 0 Å². The highest BCUT2D eigenvalue weighted by molar-refractivity contribution is 5.75. The Bertz CT molecular complexity index is 190. The van der Waals surface area contributed by atoms with Gasteiger partial charge in [-0.1, -0.05) is 51.9 Å². The van der Waals surface area contributed by atoms with Gasteiger partial charge in [-0.25, -0.2) is 0 Å². The van der Waals surface area contributed by atoms with E-state index in [0.717, 1.165) is 19.4 Å². The van der Waals surface area contributed by atoms with Crippen molar-refractivity contribution in [2.24, 2.45) is 0 Å². The van der Waals surface area contributed by atoms with Crippen molar-refractivity contribution in [3.63, 3.8) is 0 Å². The average molecular weight is 256 g/mol. The van der Waals surface area contributed by atoms with Gasteiger partial charge < -0.3 is 9.53 Å². The Balaban J connectivity index is 3.16. The van der Waals surface area contributed by atoms with E-state index in [9.17, 15) is 4.79 Å². The molecule has 108 valence electrons. The first kappa shape index (κ1) is 17.6. The summed E-state index contributed by atoms with van der Waals surface area (Å²) in [5.74, 6) is 0.262. The van der Waals surface area contributed by atoms with E-state index in [1.807, 2.05) is 0 Å². The van der Waals surface area contributed by atoms with Crippen molar-refractivity contribution >= 4 is 5.78 Å². The number of rotatable bonds is 13. The van der Waals surface area contributed by atoms with Crippen LogP contribution in [0.2, 0.25) is 0 Å². The predicted octanol–water partition coefficient (Wildman–Crippen LogP) is 4.90. The van der Waals surface area contributed by atoms with E-state index in [4.69, 9.17) is 4.74 Å². The Labute approximate surface area is 113 Å². The van der Waals surface area contributed by atoms with Crippen LogP contribution in [-0.2, 0) is 9.53 Å². The minimum absolute atomic E-state index is 0.262. The van der Waals surface area contributed by atoms with E-state index in [2.05, 4.69) is 13.8 Å². The van der Waals surface area contributed by atoms with Gasteiger partial charge in [0.25, 0.3) is 0 Å². The normalized spacial score (nSPS) is 12.6. The lowest BCUT2D eigenvalue weighted by atomic mass is 10.1. The van der Waals surface area contributed by atoms with Crippen LogP contribution in [0.5, 0.6) is 0 Å². The fraction of sp³-hybridized carbons (Fsp3) is 0.938.